The van der Waals surface area contributed by atoms with Crippen molar-refractivity contribution < 1.29 is 26.7 Å². The highest BCUT2D eigenvalue weighted by Crippen LogP contribution is 2.45. The van der Waals surface area contributed by atoms with E-state index in [4.69, 9.17) is 15.2 Å². The molecule has 0 bridgehead atoms. The zero-order valence-corrected chi connectivity index (χ0v) is 26.2. The molecule has 10 nitrogen and oxygen atoms in total. The fourth-order valence-electron chi connectivity index (χ4n) is 5.30. The molecule has 2 heterocycles. The van der Waals surface area contributed by atoms with Gasteiger partial charge in [-0.1, -0.05) is 43.3 Å². The maximum absolute atomic E-state index is 13.9. The van der Waals surface area contributed by atoms with E-state index in [9.17, 15) is 22.0 Å². The van der Waals surface area contributed by atoms with Crippen LogP contribution in [0.5, 0.6) is 11.5 Å². The lowest BCUT2D eigenvalue weighted by Gasteiger charge is -2.35. The predicted molar refractivity (Wildman–Crippen MR) is 171 cm³/mol. The number of nitrogens with zero attached hydrogens (tertiary/aromatic N) is 4. The van der Waals surface area contributed by atoms with Gasteiger partial charge in [0.15, 0.2) is 0 Å². The zero-order chi connectivity index (χ0) is 32.5. The summed E-state index contributed by atoms with van der Waals surface area (Å²) in [5, 5.41) is 4.19. The van der Waals surface area contributed by atoms with Gasteiger partial charge in [-0.25, -0.2) is 17.2 Å². The number of ether oxygens (including phenoxy) is 2. The van der Waals surface area contributed by atoms with Crippen molar-refractivity contribution in [3.05, 3.63) is 106 Å². The maximum atomic E-state index is 13.9. The van der Waals surface area contributed by atoms with Gasteiger partial charge in [-0.2, -0.15) is 14.1 Å². The van der Waals surface area contributed by atoms with Crippen LogP contribution >= 0.6 is 0 Å². The fraction of sp³-hybridized carbons (Fsp3) is 0.333. The summed E-state index contributed by atoms with van der Waals surface area (Å²) in [6, 6.07) is 17.4. The molecule has 46 heavy (non-hydrogen) atoms. The summed E-state index contributed by atoms with van der Waals surface area (Å²) in [4.78, 5) is 15.4. The SMILES string of the molecule is CC1(COc2c(N3CCN(S(=O)(=O)Cc4ccc(OCc5ccccc5)c(N)c4)CC3)cnn(-c3cc(F)cc(F)c3)c2=O)CC1. The van der Waals surface area contributed by atoms with E-state index in [0.717, 1.165) is 35.2 Å². The van der Waals surface area contributed by atoms with Gasteiger partial charge in [0.25, 0.3) is 0 Å². The number of nitrogen functional groups attached to an aromatic ring is 1. The fourth-order valence-corrected chi connectivity index (χ4v) is 6.81. The first-order valence-corrected chi connectivity index (χ1v) is 16.6. The lowest BCUT2D eigenvalue weighted by Crippen LogP contribution is -2.49. The van der Waals surface area contributed by atoms with Crippen LogP contribution in [0.2, 0.25) is 0 Å². The second kappa shape index (κ2) is 12.7. The monoisotopic (exact) mass is 651 g/mol. The average molecular weight is 652 g/mol. The van der Waals surface area contributed by atoms with Gasteiger partial charge in [-0.3, -0.25) is 4.79 Å². The van der Waals surface area contributed by atoms with Crippen molar-refractivity contribution in [1.29, 1.82) is 0 Å². The molecule has 1 aliphatic heterocycles. The summed E-state index contributed by atoms with van der Waals surface area (Å²) in [6.07, 6.45) is 3.34. The molecule has 2 aliphatic rings. The number of benzene rings is 3. The van der Waals surface area contributed by atoms with Crippen molar-refractivity contribution in [3.63, 3.8) is 0 Å². The smallest absolute Gasteiger partial charge is 0.316 e. The van der Waals surface area contributed by atoms with Crippen LogP contribution in [0.25, 0.3) is 5.69 Å². The van der Waals surface area contributed by atoms with E-state index in [2.05, 4.69) is 12.0 Å². The molecule has 0 unspecified atom stereocenters. The summed E-state index contributed by atoms with van der Waals surface area (Å²) in [7, 11) is -3.69. The van der Waals surface area contributed by atoms with Gasteiger partial charge in [-0.15, -0.1) is 0 Å². The molecule has 1 aliphatic carbocycles. The Morgan fingerprint density at radius 1 is 0.913 bits per heavy atom. The molecule has 2 N–H and O–H groups in total. The van der Waals surface area contributed by atoms with E-state index in [-0.39, 0.29) is 48.8 Å². The van der Waals surface area contributed by atoms with Crippen LogP contribution < -0.4 is 25.7 Å². The van der Waals surface area contributed by atoms with Crippen LogP contribution in [0.1, 0.15) is 30.9 Å². The van der Waals surface area contributed by atoms with Crippen molar-refractivity contribution in [2.24, 2.45) is 5.41 Å². The molecule has 1 saturated carbocycles. The topological polar surface area (TPSA) is 120 Å². The van der Waals surface area contributed by atoms with E-state index in [1.54, 1.807) is 18.2 Å². The second-order valence-corrected chi connectivity index (χ2v) is 14.1. The van der Waals surface area contributed by atoms with Crippen LogP contribution in [0, 0.1) is 17.0 Å². The van der Waals surface area contributed by atoms with Crippen LogP contribution in [0.15, 0.2) is 77.7 Å². The van der Waals surface area contributed by atoms with Crippen molar-refractivity contribution in [2.75, 3.05) is 43.4 Å². The van der Waals surface area contributed by atoms with Gasteiger partial charge in [0, 0.05) is 37.7 Å². The van der Waals surface area contributed by atoms with Crippen LogP contribution in [-0.2, 0) is 22.4 Å². The average Bonchev–Trinajstić information content (AvgIpc) is 3.76. The largest absolute Gasteiger partial charge is 0.487 e. The van der Waals surface area contributed by atoms with Crippen molar-refractivity contribution in [2.45, 2.75) is 32.1 Å². The molecule has 4 aromatic rings. The lowest BCUT2D eigenvalue weighted by molar-refractivity contribution is 0.242. The van der Waals surface area contributed by atoms with Gasteiger partial charge >= 0.3 is 5.56 Å². The van der Waals surface area contributed by atoms with Gasteiger partial charge in [0.2, 0.25) is 15.8 Å². The number of nitrogens with two attached hydrogens (primary N) is 1. The molecule has 0 amide bonds. The number of halogens is 2. The van der Waals surface area contributed by atoms with Gasteiger partial charge in [-0.05, 0) is 48.2 Å². The van der Waals surface area contributed by atoms with E-state index < -0.39 is 27.2 Å². The van der Waals surface area contributed by atoms with Gasteiger partial charge in [0.1, 0.15) is 29.7 Å². The summed E-state index contributed by atoms with van der Waals surface area (Å²) in [5.41, 5.74) is 7.69. The number of piperazine rings is 1. The Morgan fingerprint density at radius 2 is 1.61 bits per heavy atom. The molecule has 242 valence electrons. The molecule has 13 heteroatoms. The minimum atomic E-state index is -3.69. The van der Waals surface area contributed by atoms with Crippen molar-refractivity contribution >= 4 is 21.4 Å². The third-order valence-corrected chi connectivity index (χ3v) is 10.2. The molecular weight excluding hydrogens is 616 g/mol. The third kappa shape index (κ3) is 7.15. The Hall–Kier alpha value is -4.49. The Balaban J connectivity index is 1.14. The molecular formula is C33H35F2N5O5S. The molecule has 1 saturated heterocycles. The van der Waals surface area contributed by atoms with Crippen LogP contribution in [-0.4, -0.2) is 55.3 Å². The quantitative estimate of drug-likeness (QED) is 0.236. The van der Waals surface area contributed by atoms with Crippen molar-refractivity contribution in [1.82, 2.24) is 14.1 Å². The predicted octanol–water partition coefficient (Wildman–Crippen LogP) is 4.50. The number of hydrogen-bond donors (Lipinski definition) is 1. The second-order valence-electron chi connectivity index (χ2n) is 12.1. The minimum Gasteiger partial charge on any atom is -0.487 e. The first-order chi connectivity index (χ1) is 22.0. The molecule has 3 aromatic carbocycles. The van der Waals surface area contributed by atoms with E-state index in [1.807, 2.05) is 35.2 Å². The molecule has 2 fully saturated rings. The standard InChI is InChI=1S/C33H35F2N5O5S/c1-33(9-10-33)22-45-31-29(19-37-40(32(31)41)27-17-25(34)16-26(35)18-27)38-11-13-39(14-12-38)46(42,43)21-24-7-8-30(28(36)15-24)44-20-23-5-3-2-4-6-23/h2-8,15-19H,9-14,20-22,36H2,1H3. The zero-order valence-electron chi connectivity index (χ0n) is 25.4. The highest BCUT2D eigenvalue weighted by atomic mass is 32.2. The van der Waals surface area contributed by atoms with E-state index in [1.165, 1.54) is 10.5 Å². The number of rotatable bonds is 11. The first-order valence-electron chi connectivity index (χ1n) is 15.0. The number of hydrogen-bond acceptors (Lipinski definition) is 8. The normalized spacial score (nSPS) is 16.3. The Bertz CT molecular complexity index is 1870. The number of sulfonamides is 1. The Labute approximate surface area is 266 Å². The summed E-state index contributed by atoms with van der Waals surface area (Å²) in [5.74, 6) is -1.43. The highest BCUT2D eigenvalue weighted by molar-refractivity contribution is 7.88. The van der Waals surface area contributed by atoms with Crippen LogP contribution in [0.3, 0.4) is 0 Å². The number of aromatic nitrogens is 2. The lowest BCUT2D eigenvalue weighted by atomic mass is 10.2. The highest BCUT2D eigenvalue weighted by Gasteiger charge is 2.39. The number of anilines is 2. The molecule has 1 aromatic heterocycles. The van der Waals surface area contributed by atoms with Crippen LogP contribution in [0.4, 0.5) is 20.2 Å². The maximum Gasteiger partial charge on any atom is 0.316 e. The third-order valence-electron chi connectivity index (χ3n) is 8.31. The van der Waals surface area contributed by atoms with Gasteiger partial charge in [0.05, 0.1) is 29.9 Å². The Kier molecular flexibility index (Phi) is 8.71. The van der Waals surface area contributed by atoms with Gasteiger partial charge < -0.3 is 20.1 Å². The summed E-state index contributed by atoms with van der Waals surface area (Å²) >= 11 is 0. The van der Waals surface area contributed by atoms with E-state index in [0.29, 0.717) is 42.0 Å². The summed E-state index contributed by atoms with van der Waals surface area (Å²) < 4.78 is 68.8. The first kappa shape index (κ1) is 31.5. The van der Waals surface area contributed by atoms with Crippen molar-refractivity contribution in [3.8, 4) is 17.2 Å². The van der Waals surface area contributed by atoms with E-state index >= 15 is 0 Å². The molecule has 0 radical (unpaired) electrons. The Morgan fingerprint density at radius 3 is 2.26 bits per heavy atom. The minimum absolute atomic E-state index is 0.00847. The molecule has 6 rings (SSSR count). The molecule has 0 spiro atoms. The summed E-state index contributed by atoms with van der Waals surface area (Å²) in [6.45, 7) is 3.59. The molecule has 0 atom stereocenters.